The molecular formula is C25H21N3O2. The summed E-state index contributed by atoms with van der Waals surface area (Å²) < 4.78 is 5.77. The fourth-order valence-electron chi connectivity index (χ4n) is 3.00. The minimum absolute atomic E-state index is 0.119. The van der Waals surface area contributed by atoms with Gasteiger partial charge in [-0.25, -0.2) is 4.98 Å². The molecule has 0 fully saturated rings. The van der Waals surface area contributed by atoms with Crippen LogP contribution in [0.1, 0.15) is 21.5 Å². The van der Waals surface area contributed by atoms with Crippen molar-refractivity contribution in [1.29, 1.82) is 0 Å². The van der Waals surface area contributed by atoms with Crippen molar-refractivity contribution in [3.05, 3.63) is 108 Å². The molecule has 0 spiro atoms. The quantitative estimate of drug-likeness (QED) is 0.489. The number of aromatic nitrogens is 2. The second-order valence-corrected chi connectivity index (χ2v) is 6.82. The third kappa shape index (κ3) is 4.70. The second kappa shape index (κ2) is 9.01. The fourth-order valence-corrected chi connectivity index (χ4v) is 3.00. The number of rotatable bonds is 6. The molecule has 0 saturated carbocycles. The first-order valence-electron chi connectivity index (χ1n) is 9.68. The molecule has 1 N–H and O–H groups in total. The number of aryl methyl sites for hydroxylation is 1. The van der Waals surface area contributed by atoms with Crippen LogP contribution in [0.25, 0.3) is 11.4 Å². The first-order valence-corrected chi connectivity index (χ1v) is 9.68. The summed E-state index contributed by atoms with van der Waals surface area (Å²) >= 11 is 0. The predicted octanol–water partition coefficient (Wildman–Crippen LogP) is 5.17. The maximum absolute atomic E-state index is 12.5. The van der Waals surface area contributed by atoms with Gasteiger partial charge < -0.3 is 10.1 Å². The lowest BCUT2D eigenvalue weighted by atomic mass is 10.1. The zero-order valence-electron chi connectivity index (χ0n) is 16.6. The lowest BCUT2D eigenvalue weighted by Crippen LogP contribution is -2.23. The molecule has 0 aliphatic heterocycles. The number of hydrogen-bond donors (Lipinski definition) is 1. The highest BCUT2D eigenvalue weighted by Crippen LogP contribution is 2.22. The van der Waals surface area contributed by atoms with E-state index in [-0.39, 0.29) is 5.91 Å². The van der Waals surface area contributed by atoms with E-state index in [1.165, 1.54) is 0 Å². The Bertz CT molecular complexity index is 1140. The van der Waals surface area contributed by atoms with E-state index in [1.807, 2.05) is 73.7 Å². The molecule has 0 unspecified atom stereocenters. The lowest BCUT2D eigenvalue weighted by Gasteiger charge is -2.09. The zero-order valence-corrected chi connectivity index (χ0v) is 16.6. The predicted molar refractivity (Wildman–Crippen MR) is 116 cm³/mol. The van der Waals surface area contributed by atoms with E-state index in [1.54, 1.807) is 24.4 Å². The summed E-state index contributed by atoms with van der Waals surface area (Å²) in [6, 6.07) is 26.4. The van der Waals surface area contributed by atoms with Gasteiger partial charge in [0.1, 0.15) is 5.75 Å². The SMILES string of the molecule is Cc1ccccc1CNC(=O)c1ccc(-c2nccc(Oc3ccccc3)n2)cc1. The number of nitrogens with zero attached hydrogens (tertiary/aromatic N) is 2. The Kier molecular flexibility index (Phi) is 5.80. The van der Waals surface area contributed by atoms with Crippen LogP contribution >= 0.6 is 0 Å². The van der Waals surface area contributed by atoms with Gasteiger partial charge in [-0.2, -0.15) is 4.98 Å². The van der Waals surface area contributed by atoms with Gasteiger partial charge in [-0.3, -0.25) is 4.79 Å². The molecule has 4 aromatic rings. The molecule has 5 heteroatoms. The molecule has 4 rings (SSSR count). The maximum Gasteiger partial charge on any atom is 0.251 e. The van der Waals surface area contributed by atoms with E-state index in [0.717, 1.165) is 16.7 Å². The molecule has 5 nitrogen and oxygen atoms in total. The van der Waals surface area contributed by atoms with Gasteiger partial charge in [0.2, 0.25) is 5.88 Å². The number of benzene rings is 3. The van der Waals surface area contributed by atoms with E-state index < -0.39 is 0 Å². The number of ether oxygens (including phenoxy) is 1. The van der Waals surface area contributed by atoms with E-state index in [2.05, 4.69) is 15.3 Å². The summed E-state index contributed by atoms with van der Waals surface area (Å²) in [5, 5.41) is 2.96. The molecular weight excluding hydrogens is 374 g/mol. The van der Waals surface area contributed by atoms with Crippen LogP contribution in [0.4, 0.5) is 0 Å². The van der Waals surface area contributed by atoms with Gasteiger partial charge in [0, 0.05) is 29.9 Å². The van der Waals surface area contributed by atoms with E-state index in [0.29, 0.717) is 29.6 Å². The molecule has 0 radical (unpaired) electrons. The lowest BCUT2D eigenvalue weighted by molar-refractivity contribution is 0.0951. The number of carbonyl (C=O) groups is 1. The van der Waals surface area contributed by atoms with Gasteiger partial charge in [-0.05, 0) is 42.3 Å². The summed E-state index contributed by atoms with van der Waals surface area (Å²) in [4.78, 5) is 21.3. The molecule has 1 aromatic heterocycles. The Balaban J connectivity index is 1.43. The van der Waals surface area contributed by atoms with Crippen LogP contribution in [0.5, 0.6) is 11.6 Å². The molecule has 0 saturated heterocycles. The Labute approximate surface area is 175 Å². The third-order valence-corrected chi connectivity index (χ3v) is 4.70. The average molecular weight is 395 g/mol. The zero-order chi connectivity index (χ0) is 20.8. The van der Waals surface area contributed by atoms with E-state index in [9.17, 15) is 4.79 Å². The number of para-hydroxylation sites is 1. The van der Waals surface area contributed by atoms with Crippen molar-refractivity contribution in [2.75, 3.05) is 0 Å². The molecule has 0 bridgehead atoms. The molecule has 30 heavy (non-hydrogen) atoms. The van der Waals surface area contributed by atoms with Crippen molar-refractivity contribution in [2.24, 2.45) is 0 Å². The van der Waals surface area contributed by atoms with Crippen molar-refractivity contribution in [3.63, 3.8) is 0 Å². The smallest absolute Gasteiger partial charge is 0.251 e. The summed E-state index contributed by atoms with van der Waals surface area (Å²) in [7, 11) is 0. The maximum atomic E-state index is 12.5. The molecule has 1 amide bonds. The van der Waals surface area contributed by atoms with Crippen LogP contribution in [0.3, 0.4) is 0 Å². The number of hydrogen-bond acceptors (Lipinski definition) is 4. The third-order valence-electron chi connectivity index (χ3n) is 4.70. The van der Waals surface area contributed by atoms with Crippen LogP contribution in [-0.4, -0.2) is 15.9 Å². The van der Waals surface area contributed by atoms with Crippen LogP contribution in [-0.2, 0) is 6.54 Å². The minimum Gasteiger partial charge on any atom is -0.439 e. The summed E-state index contributed by atoms with van der Waals surface area (Å²) in [5.74, 6) is 1.59. The first kappa shape index (κ1) is 19.3. The standard InChI is InChI=1S/C25H21N3O2/c1-18-7-5-6-8-21(18)17-27-25(29)20-13-11-19(12-14-20)24-26-16-15-23(28-24)30-22-9-3-2-4-10-22/h2-16H,17H2,1H3,(H,27,29). The van der Waals surface area contributed by atoms with Crippen molar-refractivity contribution in [2.45, 2.75) is 13.5 Å². The second-order valence-electron chi connectivity index (χ2n) is 6.82. The summed E-state index contributed by atoms with van der Waals surface area (Å²) in [5.41, 5.74) is 3.65. The average Bonchev–Trinajstić information content (AvgIpc) is 2.79. The number of amides is 1. The Morgan fingerprint density at radius 3 is 2.40 bits per heavy atom. The Hall–Kier alpha value is -3.99. The minimum atomic E-state index is -0.119. The highest BCUT2D eigenvalue weighted by atomic mass is 16.5. The monoisotopic (exact) mass is 395 g/mol. The van der Waals surface area contributed by atoms with Crippen LogP contribution in [0.2, 0.25) is 0 Å². The van der Waals surface area contributed by atoms with Crippen molar-refractivity contribution >= 4 is 5.91 Å². The molecule has 148 valence electrons. The highest BCUT2D eigenvalue weighted by molar-refractivity contribution is 5.94. The molecule has 0 aliphatic rings. The van der Waals surface area contributed by atoms with Crippen LogP contribution < -0.4 is 10.1 Å². The summed E-state index contributed by atoms with van der Waals surface area (Å²) in [6.07, 6.45) is 1.66. The van der Waals surface area contributed by atoms with Gasteiger partial charge in [0.15, 0.2) is 5.82 Å². The number of carbonyl (C=O) groups excluding carboxylic acids is 1. The fraction of sp³-hybridized carbons (Fsp3) is 0.0800. The Morgan fingerprint density at radius 1 is 0.900 bits per heavy atom. The van der Waals surface area contributed by atoms with Crippen LogP contribution in [0.15, 0.2) is 91.1 Å². The van der Waals surface area contributed by atoms with Gasteiger partial charge in [0.05, 0.1) is 0 Å². The van der Waals surface area contributed by atoms with E-state index in [4.69, 9.17) is 4.74 Å². The van der Waals surface area contributed by atoms with E-state index >= 15 is 0 Å². The molecule has 1 heterocycles. The van der Waals surface area contributed by atoms with Crippen molar-refractivity contribution in [1.82, 2.24) is 15.3 Å². The van der Waals surface area contributed by atoms with Crippen molar-refractivity contribution < 1.29 is 9.53 Å². The molecule has 0 aliphatic carbocycles. The number of nitrogens with one attached hydrogen (secondary N) is 1. The Morgan fingerprint density at radius 2 is 1.63 bits per heavy atom. The van der Waals surface area contributed by atoms with Crippen LogP contribution in [0, 0.1) is 6.92 Å². The first-order chi connectivity index (χ1) is 14.7. The van der Waals surface area contributed by atoms with Gasteiger partial charge in [0.25, 0.3) is 5.91 Å². The molecule has 3 aromatic carbocycles. The van der Waals surface area contributed by atoms with Crippen molar-refractivity contribution in [3.8, 4) is 23.0 Å². The van der Waals surface area contributed by atoms with Gasteiger partial charge >= 0.3 is 0 Å². The summed E-state index contributed by atoms with van der Waals surface area (Å²) in [6.45, 7) is 2.53. The largest absolute Gasteiger partial charge is 0.439 e. The topological polar surface area (TPSA) is 64.1 Å². The highest BCUT2D eigenvalue weighted by Gasteiger charge is 2.09. The normalized spacial score (nSPS) is 10.4. The molecule has 0 atom stereocenters. The van der Waals surface area contributed by atoms with Gasteiger partial charge in [-0.15, -0.1) is 0 Å². The van der Waals surface area contributed by atoms with Gasteiger partial charge in [-0.1, -0.05) is 54.6 Å².